The molecule has 0 saturated carbocycles. The molecule has 3 rings (SSSR count). The molecule has 7 heteroatoms. The van der Waals surface area contributed by atoms with E-state index in [9.17, 15) is 24.6 Å². The number of aliphatic carboxylic acids is 1. The number of hydrogen-bond acceptors (Lipinski definition) is 6. The van der Waals surface area contributed by atoms with Crippen LogP contribution in [0.3, 0.4) is 0 Å². The molecular weight excluding hydrogens is 386 g/mol. The van der Waals surface area contributed by atoms with Crippen molar-refractivity contribution in [3.63, 3.8) is 0 Å². The van der Waals surface area contributed by atoms with Crippen LogP contribution in [0.4, 0.5) is 0 Å². The molecule has 0 unspecified atom stereocenters. The molecule has 1 heterocycles. The first-order chi connectivity index (χ1) is 14.3. The minimum atomic E-state index is -1.23. The molecule has 0 radical (unpaired) electrons. The summed E-state index contributed by atoms with van der Waals surface area (Å²) in [7, 11) is 1.53. The Bertz CT molecular complexity index is 991. The van der Waals surface area contributed by atoms with E-state index in [4.69, 9.17) is 4.74 Å². The molecule has 0 bridgehead atoms. The lowest BCUT2D eigenvalue weighted by atomic mass is 9.95. The van der Waals surface area contributed by atoms with E-state index < -0.39 is 23.7 Å². The number of hydrogen-bond donors (Lipinski definition) is 1. The van der Waals surface area contributed by atoms with Gasteiger partial charge in [-0.05, 0) is 37.5 Å². The van der Waals surface area contributed by atoms with Crippen LogP contribution in [0.25, 0.3) is 5.76 Å². The van der Waals surface area contributed by atoms with Crippen LogP contribution in [0, 0.1) is 6.92 Å². The number of ether oxygens (including phenoxy) is 1. The van der Waals surface area contributed by atoms with Gasteiger partial charge in [0.2, 0.25) is 0 Å². The largest absolute Gasteiger partial charge is 0.550 e. The third-order valence-electron chi connectivity index (χ3n) is 5.08. The van der Waals surface area contributed by atoms with Gasteiger partial charge in [-0.1, -0.05) is 42.0 Å². The van der Waals surface area contributed by atoms with Crippen molar-refractivity contribution < 1.29 is 29.3 Å². The van der Waals surface area contributed by atoms with E-state index in [0.29, 0.717) is 16.9 Å². The van der Waals surface area contributed by atoms with Gasteiger partial charge in [-0.3, -0.25) is 9.59 Å². The van der Waals surface area contributed by atoms with Crippen LogP contribution >= 0.6 is 0 Å². The summed E-state index contributed by atoms with van der Waals surface area (Å²) in [5.74, 6) is -2.47. The van der Waals surface area contributed by atoms with Crippen LogP contribution in [0.5, 0.6) is 5.75 Å². The predicted octanol–water partition coefficient (Wildman–Crippen LogP) is 1.96. The van der Waals surface area contributed by atoms with Gasteiger partial charge in [0.05, 0.1) is 18.7 Å². The zero-order chi connectivity index (χ0) is 21.8. The number of aryl methyl sites for hydroxylation is 1. The van der Waals surface area contributed by atoms with Crippen LogP contribution < -0.4 is 9.84 Å². The summed E-state index contributed by atoms with van der Waals surface area (Å²) < 4.78 is 5.17. The van der Waals surface area contributed by atoms with E-state index in [-0.39, 0.29) is 30.7 Å². The second kappa shape index (κ2) is 8.82. The first-order valence-corrected chi connectivity index (χ1v) is 9.52. The Morgan fingerprint density at radius 3 is 2.30 bits per heavy atom. The first-order valence-electron chi connectivity index (χ1n) is 9.52. The van der Waals surface area contributed by atoms with Crippen molar-refractivity contribution in [1.29, 1.82) is 0 Å². The maximum atomic E-state index is 12.8. The lowest BCUT2D eigenvalue weighted by molar-refractivity contribution is -0.305. The van der Waals surface area contributed by atoms with Crippen molar-refractivity contribution in [2.75, 3.05) is 13.7 Å². The van der Waals surface area contributed by atoms with Gasteiger partial charge in [0.1, 0.15) is 11.5 Å². The highest BCUT2D eigenvalue weighted by molar-refractivity contribution is 6.46. The molecule has 1 saturated heterocycles. The Balaban J connectivity index is 2.08. The Morgan fingerprint density at radius 2 is 1.73 bits per heavy atom. The summed E-state index contributed by atoms with van der Waals surface area (Å²) in [5.41, 5.74) is 1.99. The third-order valence-corrected chi connectivity index (χ3v) is 5.08. The molecule has 7 nitrogen and oxygen atoms in total. The van der Waals surface area contributed by atoms with Crippen LogP contribution in [0.1, 0.15) is 35.6 Å². The molecule has 1 aliphatic rings. The number of aliphatic hydroxyl groups excluding tert-OH is 1. The van der Waals surface area contributed by atoms with Gasteiger partial charge >= 0.3 is 0 Å². The van der Waals surface area contributed by atoms with Crippen molar-refractivity contribution >= 4 is 23.4 Å². The number of carboxylic acid groups (broad SMARTS) is 1. The topological polar surface area (TPSA) is 107 Å². The van der Waals surface area contributed by atoms with E-state index in [0.717, 1.165) is 5.56 Å². The fourth-order valence-corrected chi connectivity index (χ4v) is 3.50. The molecular formula is C23H22NO6-. The number of benzene rings is 2. The van der Waals surface area contributed by atoms with Gasteiger partial charge in [0.25, 0.3) is 11.7 Å². The van der Waals surface area contributed by atoms with Crippen molar-refractivity contribution in [1.82, 2.24) is 4.90 Å². The summed E-state index contributed by atoms with van der Waals surface area (Å²) >= 11 is 0. The molecule has 156 valence electrons. The molecule has 0 aromatic heterocycles. The van der Waals surface area contributed by atoms with E-state index in [1.807, 2.05) is 6.92 Å². The Labute approximate surface area is 174 Å². The van der Waals surface area contributed by atoms with E-state index in [1.54, 1.807) is 48.5 Å². The van der Waals surface area contributed by atoms with Gasteiger partial charge in [-0.25, -0.2) is 0 Å². The van der Waals surface area contributed by atoms with E-state index in [2.05, 4.69) is 0 Å². The first kappa shape index (κ1) is 21.1. The van der Waals surface area contributed by atoms with Crippen molar-refractivity contribution in [3.05, 3.63) is 70.8 Å². The minimum absolute atomic E-state index is 0.0255. The number of ketones is 1. The van der Waals surface area contributed by atoms with Crippen molar-refractivity contribution in [3.8, 4) is 5.75 Å². The molecule has 1 fully saturated rings. The number of amides is 1. The fraction of sp³-hybridized carbons (Fsp3) is 0.261. The lowest BCUT2D eigenvalue weighted by Crippen LogP contribution is -2.32. The van der Waals surface area contributed by atoms with Crippen LogP contribution in [0.2, 0.25) is 0 Å². The molecule has 0 spiro atoms. The van der Waals surface area contributed by atoms with Gasteiger partial charge in [-0.15, -0.1) is 0 Å². The van der Waals surface area contributed by atoms with Crippen molar-refractivity contribution in [2.45, 2.75) is 25.8 Å². The SMILES string of the molecule is COc1ccc([C@H]2C(=C(O)c3ccc(C)cc3)C(=O)C(=O)N2CCCC(=O)[O-])cc1. The number of carboxylic acids is 1. The maximum absolute atomic E-state index is 12.8. The highest BCUT2D eigenvalue weighted by Crippen LogP contribution is 2.39. The number of methoxy groups -OCH3 is 1. The smallest absolute Gasteiger partial charge is 0.295 e. The predicted molar refractivity (Wildman–Crippen MR) is 107 cm³/mol. The Kier molecular flexibility index (Phi) is 6.20. The molecule has 1 amide bonds. The zero-order valence-corrected chi connectivity index (χ0v) is 16.8. The maximum Gasteiger partial charge on any atom is 0.295 e. The zero-order valence-electron chi connectivity index (χ0n) is 16.8. The molecule has 30 heavy (non-hydrogen) atoms. The van der Waals surface area contributed by atoms with Crippen LogP contribution in [-0.2, 0) is 14.4 Å². The summed E-state index contributed by atoms with van der Waals surface area (Å²) in [4.78, 5) is 37.7. The molecule has 2 aromatic carbocycles. The molecule has 1 atom stereocenters. The summed E-state index contributed by atoms with van der Waals surface area (Å²) in [6.45, 7) is 1.94. The Morgan fingerprint density at radius 1 is 1.10 bits per heavy atom. The number of rotatable bonds is 7. The average molecular weight is 408 g/mol. The highest BCUT2D eigenvalue weighted by atomic mass is 16.5. The van der Waals surface area contributed by atoms with Crippen LogP contribution in [0.15, 0.2) is 54.1 Å². The standard InChI is InChI=1S/C23H23NO6/c1-14-5-7-16(8-6-14)21(27)19-20(15-9-11-17(30-2)12-10-15)24(23(29)22(19)28)13-3-4-18(25)26/h5-12,20,27H,3-4,13H2,1-2H3,(H,25,26)/p-1/t20-/m0/s1. The van der Waals surface area contributed by atoms with Gasteiger partial charge in [0.15, 0.2) is 0 Å². The summed E-state index contributed by atoms with van der Waals surface area (Å²) in [5, 5.41) is 21.7. The van der Waals surface area contributed by atoms with Gasteiger partial charge < -0.3 is 24.6 Å². The Hall–Kier alpha value is -3.61. The second-order valence-electron chi connectivity index (χ2n) is 7.11. The summed E-state index contributed by atoms with van der Waals surface area (Å²) in [6, 6.07) is 12.9. The number of carbonyl (C=O) groups excluding carboxylic acids is 3. The number of likely N-dealkylation sites (tertiary alicyclic amines) is 1. The van der Waals surface area contributed by atoms with E-state index in [1.165, 1.54) is 12.0 Å². The fourth-order valence-electron chi connectivity index (χ4n) is 3.50. The summed E-state index contributed by atoms with van der Waals surface area (Å²) in [6.07, 6.45) is -0.108. The monoisotopic (exact) mass is 408 g/mol. The molecule has 2 aromatic rings. The highest BCUT2D eigenvalue weighted by Gasteiger charge is 2.45. The van der Waals surface area contributed by atoms with Crippen molar-refractivity contribution in [2.24, 2.45) is 0 Å². The third kappa shape index (κ3) is 4.20. The molecule has 1 N–H and O–H groups in total. The molecule has 0 aliphatic carbocycles. The van der Waals surface area contributed by atoms with Gasteiger partial charge in [-0.2, -0.15) is 0 Å². The lowest BCUT2D eigenvalue weighted by Gasteiger charge is -2.25. The minimum Gasteiger partial charge on any atom is -0.550 e. The second-order valence-corrected chi connectivity index (χ2v) is 7.11. The number of Topliss-reactive ketones (excluding diaryl/α,β-unsaturated/α-hetero) is 1. The van der Waals surface area contributed by atoms with Crippen LogP contribution in [-0.4, -0.2) is 41.3 Å². The average Bonchev–Trinajstić information content (AvgIpc) is 2.98. The normalized spacial score (nSPS) is 17.9. The quantitative estimate of drug-likeness (QED) is 0.426. The van der Waals surface area contributed by atoms with E-state index >= 15 is 0 Å². The number of carbonyl (C=O) groups is 3. The number of aliphatic hydroxyl groups is 1. The van der Waals surface area contributed by atoms with Gasteiger partial charge in [0, 0.05) is 18.1 Å². The number of nitrogens with zero attached hydrogens (tertiary/aromatic N) is 1. The molecule has 1 aliphatic heterocycles.